The summed E-state index contributed by atoms with van der Waals surface area (Å²) in [5.74, 6) is 0.349. The molecule has 0 radical (unpaired) electrons. The van der Waals surface area contributed by atoms with E-state index in [0.29, 0.717) is 19.3 Å². The molecule has 0 aromatic heterocycles. The van der Waals surface area contributed by atoms with Crippen molar-refractivity contribution >= 4 is 5.91 Å². The van der Waals surface area contributed by atoms with Gasteiger partial charge in [0.1, 0.15) is 0 Å². The zero-order valence-corrected chi connectivity index (χ0v) is 10.5. The standard InChI is InChI=1S/C13H24N2O2/c16-13(11-4-3-7-14-10-11)15-8-9-17-12-5-1-2-6-12/h11-12,14H,1-10H2,(H,15,16). The zero-order chi connectivity index (χ0) is 11.9. The molecule has 0 aromatic rings. The average Bonchev–Trinajstić information content (AvgIpc) is 2.88. The van der Waals surface area contributed by atoms with E-state index in [2.05, 4.69) is 10.6 Å². The second-order valence-electron chi connectivity index (χ2n) is 5.11. The molecule has 2 aliphatic rings. The number of nitrogens with one attached hydrogen (secondary N) is 2. The maximum atomic E-state index is 11.8. The lowest BCUT2D eigenvalue weighted by atomic mass is 9.99. The predicted octanol–water partition coefficient (Wildman–Crippen LogP) is 1.06. The van der Waals surface area contributed by atoms with Crippen molar-refractivity contribution in [3.63, 3.8) is 0 Å². The molecule has 1 aliphatic carbocycles. The summed E-state index contributed by atoms with van der Waals surface area (Å²) in [5, 5.41) is 6.23. The van der Waals surface area contributed by atoms with Crippen LogP contribution in [0.25, 0.3) is 0 Å². The summed E-state index contributed by atoms with van der Waals surface area (Å²) in [7, 11) is 0. The number of hydrogen-bond donors (Lipinski definition) is 2. The molecular formula is C13H24N2O2. The van der Waals surface area contributed by atoms with Crippen LogP contribution >= 0.6 is 0 Å². The van der Waals surface area contributed by atoms with Crippen LogP contribution in [-0.4, -0.2) is 38.3 Å². The first-order valence-electron chi connectivity index (χ1n) is 6.96. The fraction of sp³-hybridized carbons (Fsp3) is 0.923. The molecule has 4 heteroatoms. The first kappa shape index (κ1) is 12.8. The molecule has 1 atom stereocenters. The molecule has 0 spiro atoms. The first-order valence-corrected chi connectivity index (χ1v) is 6.96. The Morgan fingerprint density at radius 3 is 2.76 bits per heavy atom. The Morgan fingerprint density at radius 1 is 1.24 bits per heavy atom. The van der Waals surface area contributed by atoms with Gasteiger partial charge in [-0.2, -0.15) is 0 Å². The minimum absolute atomic E-state index is 0.162. The van der Waals surface area contributed by atoms with Crippen LogP contribution in [0.3, 0.4) is 0 Å². The van der Waals surface area contributed by atoms with Gasteiger partial charge in [0.15, 0.2) is 0 Å². The van der Waals surface area contributed by atoms with Crippen molar-refractivity contribution in [2.45, 2.75) is 44.6 Å². The summed E-state index contributed by atoms with van der Waals surface area (Å²) in [4.78, 5) is 11.8. The third-order valence-corrected chi connectivity index (χ3v) is 3.72. The molecule has 98 valence electrons. The van der Waals surface area contributed by atoms with E-state index < -0.39 is 0 Å². The van der Waals surface area contributed by atoms with Crippen molar-refractivity contribution in [3.8, 4) is 0 Å². The van der Waals surface area contributed by atoms with Gasteiger partial charge in [0.25, 0.3) is 0 Å². The molecule has 0 bridgehead atoms. The van der Waals surface area contributed by atoms with Crippen molar-refractivity contribution < 1.29 is 9.53 Å². The van der Waals surface area contributed by atoms with E-state index in [9.17, 15) is 4.79 Å². The second kappa shape index (κ2) is 6.97. The Balaban J connectivity index is 1.53. The Hall–Kier alpha value is -0.610. The quantitative estimate of drug-likeness (QED) is 0.707. The highest BCUT2D eigenvalue weighted by atomic mass is 16.5. The summed E-state index contributed by atoms with van der Waals surface area (Å²) in [6, 6.07) is 0. The molecule has 1 saturated heterocycles. The topological polar surface area (TPSA) is 50.4 Å². The molecule has 2 rings (SSSR count). The van der Waals surface area contributed by atoms with Crippen LogP contribution in [0.15, 0.2) is 0 Å². The van der Waals surface area contributed by atoms with E-state index in [1.165, 1.54) is 25.7 Å². The van der Waals surface area contributed by atoms with Gasteiger partial charge in [0, 0.05) is 13.1 Å². The highest BCUT2D eigenvalue weighted by molar-refractivity contribution is 5.78. The van der Waals surface area contributed by atoms with Crippen LogP contribution in [0, 0.1) is 5.92 Å². The average molecular weight is 240 g/mol. The molecule has 1 amide bonds. The maximum absolute atomic E-state index is 11.8. The number of carbonyl (C=O) groups excluding carboxylic acids is 1. The molecule has 2 fully saturated rings. The van der Waals surface area contributed by atoms with Gasteiger partial charge in [-0.05, 0) is 32.2 Å². The van der Waals surface area contributed by atoms with Crippen LogP contribution < -0.4 is 10.6 Å². The van der Waals surface area contributed by atoms with Gasteiger partial charge < -0.3 is 15.4 Å². The molecule has 0 aromatic carbocycles. The fourth-order valence-electron chi connectivity index (χ4n) is 2.67. The van der Waals surface area contributed by atoms with Gasteiger partial charge >= 0.3 is 0 Å². The Bertz CT molecular complexity index is 234. The minimum atomic E-state index is 0.162. The Morgan fingerprint density at radius 2 is 2.06 bits per heavy atom. The zero-order valence-electron chi connectivity index (χ0n) is 10.5. The molecular weight excluding hydrogens is 216 g/mol. The Labute approximate surface area is 103 Å². The lowest BCUT2D eigenvalue weighted by Gasteiger charge is -2.22. The normalized spacial score (nSPS) is 26.0. The van der Waals surface area contributed by atoms with Crippen molar-refractivity contribution in [2.24, 2.45) is 5.92 Å². The van der Waals surface area contributed by atoms with E-state index >= 15 is 0 Å². The largest absolute Gasteiger partial charge is 0.376 e. The van der Waals surface area contributed by atoms with E-state index in [1.54, 1.807) is 0 Å². The van der Waals surface area contributed by atoms with E-state index in [0.717, 1.165) is 25.9 Å². The number of ether oxygens (including phenoxy) is 1. The molecule has 2 N–H and O–H groups in total. The summed E-state index contributed by atoms with van der Waals surface area (Å²) in [6.07, 6.45) is 7.55. The van der Waals surface area contributed by atoms with Crippen molar-refractivity contribution in [3.05, 3.63) is 0 Å². The van der Waals surface area contributed by atoms with Gasteiger partial charge in [0.05, 0.1) is 18.6 Å². The monoisotopic (exact) mass is 240 g/mol. The fourth-order valence-corrected chi connectivity index (χ4v) is 2.67. The highest BCUT2D eigenvalue weighted by Gasteiger charge is 2.20. The highest BCUT2D eigenvalue weighted by Crippen LogP contribution is 2.20. The summed E-state index contributed by atoms with van der Waals surface area (Å²) in [6.45, 7) is 3.20. The van der Waals surface area contributed by atoms with Gasteiger partial charge in [-0.15, -0.1) is 0 Å². The SMILES string of the molecule is O=C(NCCOC1CCCC1)C1CCCNC1. The van der Waals surface area contributed by atoms with Crippen molar-refractivity contribution in [1.29, 1.82) is 0 Å². The maximum Gasteiger partial charge on any atom is 0.224 e. The molecule has 17 heavy (non-hydrogen) atoms. The lowest BCUT2D eigenvalue weighted by molar-refractivity contribution is -0.125. The van der Waals surface area contributed by atoms with Gasteiger partial charge in [0.2, 0.25) is 5.91 Å². The van der Waals surface area contributed by atoms with Crippen LogP contribution in [0.1, 0.15) is 38.5 Å². The predicted molar refractivity (Wildman–Crippen MR) is 66.8 cm³/mol. The number of rotatable bonds is 5. The first-order chi connectivity index (χ1) is 8.36. The van der Waals surface area contributed by atoms with Gasteiger partial charge in [-0.25, -0.2) is 0 Å². The molecule has 1 unspecified atom stereocenters. The second-order valence-corrected chi connectivity index (χ2v) is 5.11. The van der Waals surface area contributed by atoms with E-state index in [1.807, 2.05) is 0 Å². The third kappa shape index (κ3) is 4.28. The molecule has 4 nitrogen and oxygen atoms in total. The van der Waals surface area contributed by atoms with Crippen molar-refractivity contribution in [2.75, 3.05) is 26.2 Å². The van der Waals surface area contributed by atoms with E-state index in [-0.39, 0.29) is 11.8 Å². The van der Waals surface area contributed by atoms with E-state index in [4.69, 9.17) is 4.74 Å². The minimum Gasteiger partial charge on any atom is -0.376 e. The molecule has 1 saturated carbocycles. The van der Waals surface area contributed by atoms with Crippen LogP contribution in [0.2, 0.25) is 0 Å². The number of hydrogen-bond acceptors (Lipinski definition) is 3. The van der Waals surface area contributed by atoms with Gasteiger partial charge in [-0.3, -0.25) is 4.79 Å². The van der Waals surface area contributed by atoms with Crippen LogP contribution in [0.4, 0.5) is 0 Å². The smallest absolute Gasteiger partial charge is 0.224 e. The van der Waals surface area contributed by atoms with Crippen LogP contribution in [-0.2, 0) is 9.53 Å². The van der Waals surface area contributed by atoms with Gasteiger partial charge in [-0.1, -0.05) is 12.8 Å². The molecule has 1 aliphatic heterocycles. The number of piperidine rings is 1. The summed E-state index contributed by atoms with van der Waals surface area (Å²) < 4.78 is 5.71. The Kier molecular flexibility index (Phi) is 5.26. The molecule has 1 heterocycles. The third-order valence-electron chi connectivity index (χ3n) is 3.72. The van der Waals surface area contributed by atoms with Crippen LogP contribution in [0.5, 0.6) is 0 Å². The summed E-state index contributed by atoms with van der Waals surface area (Å²) in [5.41, 5.74) is 0. The summed E-state index contributed by atoms with van der Waals surface area (Å²) >= 11 is 0. The lowest BCUT2D eigenvalue weighted by Crippen LogP contribution is -2.41. The number of amides is 1. The number of carbonyl (C=O) groups is 1. The van der Waals surface area contributed by atoms with Crippen molar-refractivity contribution in [1.82, 2.24) is 10.6 Å².